The van der Waals surface area contributed by atoms with Crippen molar-refractivity contribution in [2.24, 2.45) is 4.99 Å². The molecule has 3 rings (SSSR count). The van der Waals surface area contributed by atoms with Gasteiger partial charge in [0.1, 0.15) is 11.5 Å². The van der Waals surface area contributed by atoms with Crippen LogP contribution in [0.3, 0.4) is 0 Å². The maximum absolute atomic E-state index is 12.1. The van der Waals surface area contributed by atoms with Crippen LogP contribution in [-0.4, -0.2) is 60.5 Å². The largest absolute Gasteiger partial charge is 0.462 e. The molecule has 1 aliphatic rings. The lowest BCUT2D eigenvalue weighted by Crippen LogP contribution is -2.39. The molecule has 0 saturated carbocycles. The number of benzene rings is 1. The lowest BCUT2D eigenvalue weighted by atomic mass is 10.2. The lowest BCUT2D eigenvalue weighted by Gasteiger charge is -2.20. The van der Waals surface area contributed by atoms with E-state index in [1.54, 1.807) is 37.4 Å². The van der Waals surface area contributed by atoms with Gasteiger partial charge in [0.05, 0.1) is 18.7 Å². The number of hydrogen-bond donors (Lipinski definition) is 2. The molecule has 2 aromatic rings. The minimum Gasteiger partial charge on any atom is -0.462 e. The van der Waals surface area contributed by atoms with Crippen molar-refractivity contribution in [1.29, 1.82) is 0 Å². The van der Waals surface area contributed by atoms with Crippen molar-refractivity contribution in [3.05, 3.63) is 59.9 Å². The first-order valence-corrected chi connectivity index (χ1v) is 9.20. The second-order valence-corrected chi connectivity index (χ2v) is 6.09. The fourth-order valence-corrected chi connectivity index (χ4v) is 2.82. The van der Waals surface area contributed by atoms with Gasteiger partial charge in [0.2, 0.25) is 0 Å². The van der Waals surface area contributed by atoms with Gasteiger partial charge in [-0.15, -0.1) is 0 Å². The van der Waals surface area contributed by atoms with Crippen molar-refractivity contribution >= 4 is 23.5 Å². The Hall–Kier alpha value is -3.42. The number of aliphatic imine (C=N–C) groups is 1. The zero-order valence-corrected chi connectivity index (χ0v) is 15.7. The number of amides is 2. The van der Waals surface area contributed by atoms with E-state index in [9.17, 15) is 9.59 Å². The summed E-state index contributed by atoms with van der Waals surface area (Å²) in [6.07, 6.45) is 1.74. The summed E-state index contributed by atoms with van der Waals surface area (Å²) in [5, 5.41) is 5.57. The maximum Gasteiger partial charge on any atom is 0.338 e. The molecule has 8 nitrogen and oxygen atoms in total. The van der Waals surface area contributed by atoms with E-state index in [1.807, 2.05) is 18.2 Å². The molecule has 146 valence electrons. The average Bonchev–Trinajstić information content (AvgIpc) is 3.18. The number of nitrogens with one attached hydrogen (secondary N) is 2. The normalized spacial score (nSPS) is 13.0. The number of aromatic nitrogens is 1. The quantitative estimate of drug-likeness (QED) is 0.717. The third-order valence-electron chi connectivity index (χ3n) is 4.15. The molecule has 0 atom stereocenters. The van der Waals surface area contributed by atoms with Crippen molar-refractivity contribution in [3.63, 3.8) is 0 Å². The predicted molar refractivity (Wildman–Crippen MR) is 107 cm³/mol. The van der Waals surface area contributed by atoms with Crippen LogP contribution in [0.4, 0.5) is 10.5 Å². The average molecular weight is 381 g/mol. The van der Waals surface area contributed by atoms with Crippen LogP contribution in [0.2, 0.25) is 0 Å². The number of esters is 1. The van der Waals surface area contributed by atoms with Crippen molar-refractivity contribution in [3.8, 4) is 0 Å². The van der Waals surface area contributed by atoms with Crippen LogP contribution >= 0.6 is 0 Å². The van der Waals surface area contributed by atoms with Crippen LogP contribution in [0, 0.1) is 0 Å². The SMILES string of the molecule is CCOC(=O)c1ccc(NC(=O)NCCN2CCN=C2c2ccccn2)cc1. The molecule has 0 saturated heterocycles. The fourth-order valence-electron chi connectivity index (χ4n) is 2.82. The van der Waals surface area contributed by atoms with E-state index in [4.69, 9.17) is 4.74 Å². The first-order valence-electron chi connectivity index (χ1n) is 9.20. The van der Waals surface area contributed by atoms with Crippen LogP contribution in [-0.2, 0) is 4.74 Å². The van der Waals surface area contributed by atoms with Crippen LogP contribution in [0.5, 0.6) is 0 Å². The van der Waals surface area contributed by atoms with Gasteiger partial charge in [-0.25, -0.2) is 9.59 Å². The highest BCUT2D eigenvalue weighted by molar-refractivity contribution is 5.98. The molecule has 0 radical (unpaired) electrons. The molecule has 8 heteroatoms. The van der Waals surface area contributed by atoms with Crippen LogP contribution in [0.15, 0.2) is 53.7 Å². The summed E-state index contributed by atoms with van der Waals surface area (Å²) in [5.41, 5.74) is 1.89. The highest BCUT2D eigenvalue weighted by Crippen LogP contribution is 2.11. The number of carbonyl (C=O) groups is 2. The molecule has 1 aliphatic heterocycles. The zero-order valence-electron chi connectivity index (χ0n) is 15.7. The molecule has 1 aromatic carbocycles. The third kappa shape index (κ3) is 5.06. The summed E-state index contributed by atoms with van der Waals surface area (Å²) in [4.78, 5) is 34.7. The molecule has 2 heterocycles. The third-order valence-corrected chi connectivity index (χ3v) is 4.15. The standard InChI is InChI=1S/C20H23N5O3/c1-2-28-19(26)15-6-8-16(9-7-15)24-20(27)23-12-14-25-13-11-22-18(25)17-5-3-4-10-21-17/h3-10H,2,11-14H2,1H3,(H2,23,24,27). The summed E-state index contributed by atoms with van der Waals surface area (Å²) in [7, 11) is 0. The van der Waals surface area contributed by atoms with Crippen molar-refractivity contribution in [2.45, 2.75) is 6.92 Å². The molecule has 0 aliphatic carbocycles. The number of nitrogens with zero attached hydrogens (tertiary/aromatic N) is 3. The Bertz CT molecular complexity index is 837. The minimum atomic E-state index is -0.380. The maximum atomic E-state index is 12.1. The molecule has 0 unspecified atom stereocenters. The smallest absolute Gasteiger partial charge is 0.338 e. The van der Waals surface area contributed by atoms with E-state index in [2.05, 4.69) is 25.5 Å². The first-order chi connectivity index (χ1) is 13.7. The Kier molecular flexibility index (Phi) is 6.56. The Labute approximate surface area is 163 Å². The van der Waals surface area contributed by atoms with Gasteiger partial charge in [-0.2, -0.15) is 0 Å². The summed E-state index contributed by atoms with van der Waals surface area (Å²) < 4.78 is 4.93. The van der Waals surface area contributed by atoms with Gasteiger partial charge in [-0.05, 0) is 43.3 Å². The summed E-state index contributed by atoms with van der Waals surface area (Å²) in [6, 6.07) is 12.0. The Morgan fingerprint density at radius 1 is 1.18 bits per heavy atom. The number of urea groups is 1. The topological polar surface area (TPSA) is 95.9 Å². The number of rotatable bonds is 7. The van der Waals surface area contributed by atoms with Crippen molar-refractivity contribution < 1.29 is 14.3 Å². The molecular formula is C20H23N5O3. The Morgan fingerprint density at radius 2 is 2.00 bits per heavy atom. The van der Waals surface area contributed by atoms with Gasteiger partial charge in [0.15, 0.2) is 0 Å². The van der Waals surface area contributed by atoms with Crippen LogP contribution < -0.4 is 10.6 Å². The number of ether oxygens (including phenoxy) is 1. The highest BCUT2D eigenvalue weighted by Gasteiger charge is 2.19. The Morgan fingerprint density at radius 3 is 2.71 bits per heavy atom. The lowest BCUT2D eigenvalue weighted by molar-refractivity contribution is 0.0526. The number of amidine groups is 1. The van der Waals surface area contributed by atoms with E-state index in [0.29, 0.717) is 30.9 Å². The zero-order chi connectivity index (χ0) is 19.8. The fraction of sp³-hybridized carbons (Fsp3) is 0.300. The predicted octanol–water partition coefficient (Wildman–Crippen LogP) is 2.14. The number of anilines is 1. The van der Waals surface area contributed by atoms with Crippen LogP contribution in [0.25, 0.3) is 0 Å². The molecule has 2 N–H and O–H groups in total. The number of carbonyl (C=O) groups excluding carboxylic acids is 2. The minimum absolute atomic E-state index is 0.306. The second-order valence-electron chi connectivity index (χ2n) is 6.09. The monoisotopic (exact) mass is 381 g/mol. The van der Waals surface area contributed by atoms with E-state index >= 15 is 0 Å². The Balaban J connectivity index is 1.45. The van der Waals surface area contributed by atoms with E-state index in [-0.39, 0.29) is 12.0 Å². The summed E-state index contributed by atoms with van der Waals surface area (Å²) in [5.74, 6) is 0.479. The van der Waals surface area contributed by atoms with Crippen molar-refractivity contribution in [1.82, 2.24) is 15.2 Å². The molecule has 2 amide bonds. The van der Waals surface area contributed by atoms with Crippen LogP contribution in [0.1, 0.15) is 23.0 Å². The van der Waals surface area contributed by atoms with Gasteiger partial charge in [0, 0.05) is 31.5 Å². The van der Waals surface area contributed by atoms with E-state index < -0.39 is 0 Å². The number of hydrogen-bond acceptors (Lipinski definition) is 6. The second kappa shape index (κ2) is 9.50. The molecule has 1 aromatic heterocycles. The molecule has 0 bridgehead atoms. The van der Waals surface area contributed by atoms with Gasteiger partial charge in [0.25, 0.3) is 0 Å². The van der Waals surface area contributed by atoms with Crippen molar-refractivity contribution in [2.75, 3.05) is 38.1 Å². The van der Waals surface area contributed by atoms with Gasteiger partial charge in [-0.3, -0.25) is 9.98 Å². The first kappa shape index (κ1) is 19.3. The molecule has 28 heavy (non-hydrogen) atoms. The highest BCUT2D eigenvalue weighted by atomic mass is 16.5. The van der Waals surface area contributed by atoms with Gasteiger partial charge >= 0.3 is 12.0 Å². The molecular weight excluding hydrogens is 358 g/mol. The number of pyridine rings is 1. The van der Waals surface area contributed by atoms with E-state index in [0.717, 1.165) is 24.6 Å². The van der Waals surface area contributed by atoms with E-state index in [1.165, 1.54) is 0 Å². The summed E-state index contributed by atoms with van der Waals surface area (Å²) in [6.45, 7) is 4.73. The van der Waals surface area contributed by atoms with Gasteiger partial charge < -0.3 is 20.3 Å². The van der Waals surface area contributed by atoms with Gasteiger partial charge in [-0.1, -0.05) is 6.07 Å². The summed E-state index contributed by atoms with van der Waals surface area (Å²) >= 11 is 0. The molecule has 0 spiro atoms. The molecule has 0 fully saturated rings.